The van der Waals surface area contributed by atoms with Gasteiger partial charge < -0.3 is 4.90 Å². The van der Waals surface area contributed by atoms with Crippen molar-refractivity contribution in [2.24, 2.45) is 0 Å². The molecule has 2 aliphatic heterocycles. The Labute approximate surface area is 157 Å². The van der Waals surface area contributed by atoms with Gasteiger partial charge in [0.25, 0.3) is 0 Å². The predicted molar refractivity (Wildman–Crippen MR) is 109 cm³/mol. The van der Waals surface area contributed by atoms with Crippen LogP contribution in [0.1, 0.15) is 18.4 Å². The highest BCUT2D eigenvalue weighted by Gasteiger charge is 2.21. The molecule has 5 heteroatoms. The second-order valence-corrected chi connectivity index (χ2v) is 7.50. The molecule has 0 atom stereocenters. The number of hydrogen-bond donors (Lipinski definition) is 0. The van der Waals surface area contributed by atoms with E-state index in [0.29, 0.717) is 0 Å². The van der Waals surface area contributed by atoms with Crippen LogP contribution < -0.4 is 9.91 Å². The van der Waals surface area contributed by atoms with Crippen molar-refractivity contribution < 1.29 is 0 Å². The van der Waals surface area contributed by atoms with Crippen molar-refractivity contribution in [1.82, 2.24) is 14.6 Å². The maximum Gasteiger partial charge on any atom is 0.225 e. The van der Waals surface area contributed by atoms with Crippen LogP contribution in [0.4, 0.5) is 11.6 Å². The van der Waals surface area contributed by atoms with Gasteiger partial charge in [-0.15, -0.1) is 0 Å². The van der Waals surface area contributed by atoms with Gasteiger partial charge in [-0.3, -0.25) is 9.69 Å². The van der Waals surface area contributed by atoms with E-state index in [2.05, 4.69) is 68.2 Å². The maximum atomic E-state index is 4.88. The largest absolute Gasteiger partial charge is 0.341 e. The molecule has 2 aliphatic rings. The van der Waals surface area contributed by atoms with Gasteiger partial charge in [0.1, 0.15) is 0 Å². The Morgan fingerprint density at radius 2 is 1.78 bits per heavy atom. The van der Waals surface area contributed by atoms with Crippen LogP contribution in [0, 0.1) is 0 Å². The van der Waals surface area contributed by atoms with Gasteiger partial charge in [-0.1, -0.05) is 18.2 Å². The molecule has 134 valence electrons. The first-order chi connectivity index (χ1) is 13.4. The van der Waals surface area contributed by atoms with Crippen LogP contribution in [0.5, 0.6) is 0 Å². The molecule has 0 amide bonds. The maximum absolute atomic E-state index is 4.88. The second-order valence-electron chi connectivity index (χ2n) is 7.50. The topological polar surface area (TPSA) is 37.2 Å². The van der Waals surface area contributed by atoms with E-state index >= 15 is 0 Å². The molecule has 0 saturated carbocycles. The van der Waals surface area contributed by atoms with Crippen molar-refractivity contribution in [3.8, 4) is 0 Å². The van der Waals surface area contributed by atoms with E-state index in [4.69, 9.17) is 4.98 Å². The van der Waals surface area contributed by atoms with Crippen molar-refractivity contribution in [1.29, 1.82) is 0 Å². The van der Waals surface area contributed by atoms with Crippen LogP contribution in [-0.2, 0) is 6.42 Å². The lowest BCUT2D eigenvalue weighted by Crippen LogP contribution is -2.26. The number of nitrogens with zero attached hydrogens (tertiary/aromatic N) is 5. The van der Waals surface area contributed by atoms with Crippen molar-refractivity contribution >= 4 is 33.4 Å². The zero-order valence-electron chi connectivity index (χ0n) is 15.2. The lowest BCUT2D eigenvalue weighted by Gasteiger charge is -2.22. The minimum atomic E-state index is 0.865. The fourth-order valence-electron chi connectivity index (χ4n) is 4.46. The molecular weight excluding hydrogens is 334 g/mol. The molecule has 0 unspecified atom stereocenters. The van der Waals surface area contributed by atoms with E-state index in [1.807, 2.05) is 6.20 Å². The number of hydrogen-bond acceptors (Lipinski definition) is 4. The molecule has 6 rings (SSSR count). The van der Waals surface area contributed by atoms with E-state index in [-0.39, 0.29) is 0 Å². The molecule has 0 N–H and O–H groups in total. The summed E-state index contributed by atoms with van der Waals surface area (Å²) >= 11 is 0. The molecule has 0 radical (unpaired) electrons. The first-order valence-electron chi connectivity index (χ1n) is 9.75. The Hall–Kier alpha value is -3.08. The molecule has 4 heterocycles. The summed E-state index contributed by atoms with van der Waals surface area (Å²) < 4.78 is 2.28. The monoisotopic (exact) mass is 355 g/mol. The Kier molecular flexibility index (Phi) is 3.18. The summed E-state index contributed by atoms with van der Waals surface area (Å²) in [6.45, 7) is 3.13. The van der Waals surface area contributed by atoms with Crippen LogP contribution >= 0.6 is 0 Å². The van der Waals surface area contributed by atoms with Gasteiger partial charge >= 0.3 is 0 Å². The molecule has 0 spiro atoms. The van der Waals surface area contributed by atoms with Crippen LogP contribution in [-0.4, -0.2) is 34.3 Å². The molecule has 5 nitrogen and oxygen atoms in total. The van der Waals surface area contributed by atoms with Gasteiger partial charge in [-0.2, -0.15) is 0 Å². The Morgan fingerprint density at radius 3 is 2.70 bits per heavy atom. The normalized spacial score (nSPS) is 16.6. The van der Waals surface area contributed by atoms with E-state index in [0.717, 1.165) is 42.9 Å². The average molecular weight is 355 g/mol. The van der Waals surface area contributed by atoms with Crippen molar-refractivity contribution in [2.75, 3.05) is 29.5 Å². The second kappa shape index (κ2) is 5.71. The minimum Gasteiger partial charge on any atom is -0.341 e. The van der Waals surface area contributed by atoms with E-state index in [9.17, 15) is 0 Å². The van der Waals surface area contributed by atoms with Crippen LogP contribution in [0.25, 0.3) is 21.8 Å². The highest BCUT2D eigenvalue weighted by molar-refractivity contribution is 5.95. The lowest BCUT2D eigenvalue weighted by molar-refractivity contribution is 0.747. The summed E-state index contributed by atoms with van der Waals surface area (Å²) in [4.78, 5) is 11.8. The first-order valence-corrected chi connectivity index (χ1v) is 9.75. The lowest BCUT2D eigenvalue weighted by atomic mass is 10.2. The third-order valence-corrected chi connectivity index (χ3v) is 5.87. The first kappa shape index (κ1) is 15.0. The molecule has 1 saturated heterocycles. The molecule has 4 aromatic rings. The standard InChI is InChI=1S/C22H21N5/c1-2-6-20-16(5-1)7-11-26(20)27-12-8-17-13-18-15-23-22(25-9-3-4-10-25)24-19(18)14-21(17)27/h1-2,5-6,8,12-15H,3-4,7,9-11H2. The predicted octanol–water partition coefficient (Wildman–Crippen LogP) is 4.01. The molecule has 1 fully saturated rings. The number of aromatic nitrogens is 3. The van der Waals surface area contributed by atoms with Gasteiger partial charge in [-0.05, 0) is 49.1 Å². The zero-order valence-corrected chi connectivity index (χ0v) is 15.2. The number of rotatable bonds is 2. The van der Waals surface area contributed by atoms with Gasteiger partial charge in [0, 0.05) is 42.8 Å². The van der Waals surface area contributed by atoms with Crippen LogP contribution in [0.3, 0.4) is 0 Å². The van der Waals surface area contributed by atoms with Gasteiger partial charge in [0.15, 0.2) is 0 Å². The van der Waals surface area contributed by atoms with Crippen molar-refractivity contribution in [3.05, 3.63) is 60.4 Å². The minimum absolute atomic E-state index is 0.865. The highest BCUT2D eigenvalue weighted by atomic mass is 15.6. The summed E-state index contributed by atoms with van der Waals surface area (Å²) in [6.07, 6.45) is 7.69. The van der Waals surface area contributed by atoms with E-state index in [1.165, 1.54) is 35.0 Å². The summed E-state index contributed by atoms with van der Waals surface area (Å²) in [6, 6.07) is 15.3. The summed E-state index contributed by atoms with van der Waals surface area (Å²) in [7, 11) is 0. The van der Waals surface area contributed by atoms with Crippen molar-refractivity contribution in [3.63, 3.8) is 0 Å². The Morgan fingerprint density at radius 1 is 0.889 bits per heavy atom. The SMILES string of the molecule is c1ccc2c(c1)CCN2n1ccc2cc3cnc(N4CCCC4)nc3cc21. The number of para-hydroxylation sites is 1. The molecule has 0 aliphatic carbocycles. The van der Waals surface area contributed by atoms with Gasteiger partial charge in [0.05, 0.1) is 16.7 Å². The highest BCUT2D eigenvalue weighted by Crippen LogP contribution is 2.31. The van der Waals surface area contributed by atoms with Gasteiger partial charge in [-0.25, -0.2) is 9.97 Å². The van der Waals surface area contributed by atoms with Crippen LogP contribution in [0.15, 0.2) is 54.9 Å². The summed E-state index contributed by atoms with van der Waals surface area (Å²) in [5.74, 6) is 0.865. The Bertz CT molecular complexity index is 1160. The number of fused-ring (bicyclic) bond motifs is 3. The fourth-order valence-corrected chi connectivity index (χ4v) is 4.46. The molecule has 27 heavy (non-hydrogen) atoms. The third-order valence-electron chi connectivity index (χ3n) is 5.87. The summed E-state index contributed by atoms with van der Waals surface area (Å²) in [5.41, 5.74) is 4.94. The quantitative estimate of drug-likeness (QED) is 0.544. The smallest absolute Gasteiger partial charge is 0.225 e. The summed E-state index contributed by atoms with van der Waals surface area (Å²) in [5, 5.41) is 4.70. The van der Waals surface area contributed by atoms with E-state index < -0.39 is 0 Å². The molecule has 2 aromatic carbocycles. The fraction of sp³-hybridized carbons (Fsp3) is 0.273. The van der Waals surface area contributed by atoms with Gasteiger partial charge in [0.2, 0.25) is 5.95 Å². The molecule has 2 aromatic heterocycles. The van der Waals surface area contributed by atoms with Crippen molar-refractivity contribution in [2.45, 2.75) is 19.3 Å². The van der Waals surface area contributed by atoms with Crippen LogP contribution in [0.2, 0.25) is 0 Å². The Balaban J connectivity index is 1.49. The third kappa shape index (κ3) is 2.31. The zero-order chi connectivity index (χ0) is 17.8. The number of benzene rings is 2. The number of anilines is 2. The molecular formula is C22H21N5. The molecule has 0 bridgehead atoms. The average Bonchev–Trinajstić information content (AvgIpc) is 3.45. The van der Waals surface area contributed by atoms with E-state index in [1.54, 1.807) is 0 Å².